The molecule has 19 heavy (non-hydrogen) atoms. The number of hydrogen-bond donors (Lipinski definition) is 0. The molecule has 1 aliphatic carbocycles. The summed E-state index contributed by atoms with van der Waals surface area (Å²) >= 11 is 5.92. The van der Waals surface area contributed by atoms with Crippen molar-refractivity contribution < 1.29 is 4.79 Å². The van der Waals surface area contributed by atoms with Gasteiger partial charge in [0.1, 0.15) is 0 Å². The Bertz CT molecular complexity index is 438. The Hall–Kier alpha value is -0.860. The van der Waals surface area contributed by atoms with E-state index in [4.69, 9.17) is 11.6 Å². The van der Waals surface area contributed by atoms with E-state index in [0.29, 0.717) is 23.2 Å². The summed E-state index contributed by atoms with van der Waals surface area (Å²) in [7, 11) is 2.06. The fraction of sp³-hybridized carbons (Fsp3) is 0.562. The van der Waals surface area contributed by atoms with Crippen molar-refractivity contribution >= 4 is 17.4 Å². The maximum atomic E-state index is 12.2. The van der Waals surface area contributed by atoms with E-state index in [9.17, 15) is 4.79 Å². The summed E-state index contributed by atoms with van der Waals surface area (Å²) in [6, 6.07) is 7.77. The average Bonchev–Trinajstić information content (AvgIpc) is 2.39. The Morgan fingerprint density at radius 3 is 2.63 bits per heavy atom. The molecule has 104 valence electrons. The van der Waals surface area contributed by atoms with Gasteiger partial charge >= 0.3 is 0 Å². The standard InChI is InChI=1S/C16H22ClNO/c1-12-6-8-15(9-7-12)18(2)11-16(19)13-4-3-5-14(17)10-13/h3-5,10,12,15H,6-9,11H2,1-2H3. The minimum atomic E-state index is 0.156. The van der Waals surface area contributed by atoms with Crippen LogP contribution in [0.15, 0.2) is 24.3 Å². The third-order valence-electron chi connectivity index (χ3n) is 4.15. The van der Waals surface area contributed by atoms with E-state index in [2.05, 4.69) is 18.9 Å². The smallest absolute Gasteiger partial charge is 0.176 e. The molecule has 1 aliphatic rings. The molecule has 0 radical (unpaired) electrons. The van der Waals surface area contributed by atoms with E-state index in [0.717, 1.165) is 5.92 Å². The van der Waals surface area contributed by atoms with Gasteiger partial charge in [0, 0.05) is 16.6 Å². The first kappa shape index (κ1) is 14.5. The molecule has 0 bridgehead atoms. The van der Waals surface area contributed by atoms with Crippen LogP contribution >= 0.6 is 11.6 Å². The largest absolute Gasteiger partial charge is 0.296 e. The van der Waals surface area contributed by atoms with Crippen molar-refractivity contribution in [1.29, 1.82) is 0 Å². The number of nitrogens with zero attached hydrogens (tertiary/aromatic N) is 1. The van der Waals surface area contributed by atoms with Crippen molar-refractivity contribution in [3.63, 3.8) is 0 Å². The molecule has 0 saturated heterocycles. The summed E-state index contributed by atoms with van der Waals surface area (Å²) in [6.07, 6.45) is 4.97. The number of carbonyl (C=O) groups excluding carboxylic acids is 1. The predicted octanol–water partition coefficient (Wildman–Crippen LogP) is 4.03. The van der Waals surface area contributed by atoms with Gasteiger partial charge in [0.15, 0.2) is 5.78 Å². The molecule has 0 unspecified atom stereocenters. The number of ketones is 1. The second kappa shape index (κ2) is 6.53. The maximum absolute atomic E-state index is 12.2. The summed E-state index contributed by atoms with van der Waals surface area (Å²) in [5.41, 5.74) is 0.712. The Morgan fingerprint density at radius 1 is 1.32 bits per heavy atom. The summed E-state index contributed by atoms with van der Waals surface area (Å²) in [4.78, 5) is 14.4. The van der Waals surface area contributed by atoms with Crippen molar-refractivity contribution in [3.05, 3.63) is 34.9 Å². The second-order valence-electron chi connectivity index (χ2n) is 5.76. The third kappa shape index (κ3) is 4.05. The van der Waals surface area contributed by atoms with E-state index < -0.39 is 0 Å². The highest BCUT2D eigenvalue weighted by Gasteiger charge is 2.23. The van der Waals surface area contributed by atoms with Gasteiger partial charge in [-0.1, -0.05) is 30.7 Å². The van der Waals surface area contributed by atoms with Gasteiger partial charge in [-0.3, -0.25) is 9.69 Å². The van der Waals surface area contributed by atoms with Gasteiger partial charge in [-0.2, -0.15) is 0 Å². The van der Waals surface area contributed by atoms with E-state index in [1.54, 1.807) is 12.1 Å². The van der Waals surface area contributed by atoms with Gasteiger partial charge in [-0.25, -0.2) is 0 Å². The highest BCUT2D eigenvalue weighted by molar-refractivity contribution is 6.31. The van der Waals surface area contributed by atoms with Crippen LogP contribution in [0.4, 0.5) is 0 Å². The number of benzene rings is 1. The average molecular weight is 280 g/mol. The molecule has 3 heteroatoms. The van der Waals surface area contributed by atoms with Crippen molar-refractivity contribution in [3.8, 4) is 0 Å². The minimum absolute atomic E-state index is 0.156. The first-order chi connectivity index (χ1) is 9.06. The van der Waals surface area contributed by atoms with Crippen LogP contribution in [0, 0.1) is 5.92 Å². The predicted molar refractivity (Wildman–Crippen MR) is 79.8 cm³/mol. The van der Waals surface area contributed by atoms with Crippen molar-refractivity contribution in [2.24, 2.45) is 5.92 Å². The highest BCUT2D eigenvalue weighted by Crippen LogP contribution is 2.26. The lowest BCUT2D eigenvalue weighted by Crippen LogP contribution is -2.38. The van der Waals surface area contributed by atoms with E-state index in [-0.39, 0.29) is 5.78 Å². The number of rotatable bonds is 4. The molecule has 0 N–H and O–H groups in total. The molecule has 1 fully saturated rings. The monoisotopic (exact) mass is 279 g/mol. The van der Waals surface area contributed by atoms with Gasteiger partial charge in [0.2, 0.25) is 0 Å². The molecule has 0 aliphatic heterocycles. The number of carbonyl (C=O) groups is 1. The van der Waals surface area contributed by atoms with Crippen molar-refractivity contribution in [2.45, 2.75) is 38.6 Å². The van der Waals surface area contributed by atoms with Crippen molar-refractivity contribution in [1.82, 2.24) is 4.90 Å². The lowest BCUT2D eigenvalue weighted by molar-refractivity contribution is 0.0889. The Kier molecular flexibility index (Phi) is 5.00. The normalized spacial score (nSPS) is 23.6. The highest BCUT2D eigenvalue weighted by atomic mass is 35.5. The molecule has 0 spiro atoms. The zero-order chi connectivity index (χ0) is 13.8. The Labute approximate surface area is 120 Å². The van der Waals surface area contributed by atoms with Gasteiger partial charge in [0.05, 0.1) is 6.54 Å². The first-order valence-corrected chi connectivity index (χ1v) is 7.43. The summed E-state index contributed by atoms with van der Waals surface area (Å²) in [6.45, 7) is 2.80. The molecular formula is C16H22ClNO. The van der Waals surface area contributed by atoms with E-state index in [1.165, 1.54) is 25.7 Å². The third-order valence-corrected chi connectivity index (χ3v) is 4.38. The number of Topliss-reactive ketones (excluding diaryl/α,β-unsaturated/α-hetero) is 1. The van der Waals surface area contributed by atoms with Crippen LogP contribution in [0.5, 0.6) is 0 Å². The number of hydrogen-bond acceptors (Lipinski definition) is 2. The molecule has 0 aromatic heterocycles. The van der Waals surface area contributed by atoms with Crippen molar-refractivity contribution in [2.75, 3.05) is 13.6 Å². The molecular weight excluding hydrogens is 258 g/mol. The van der Waals surface area contributed by atoms with Crippen LogP contribution < -0.4 is 0 Å². The molecule has 1 aromatic carbocycles. The summed E-state index contributed by atoms with van der Waals surface area (Å²) in [5, 5.41) is 0.625. The second-order valence-corrected chi connectivity index (χ2v) is 6.20. The topological polar surface area (TPSA) is 20.3 Å². The van der Waals surface area contributed by atoms with E-state index >= 15 is 0 Å². The van der Waals surface area contributed by atoms with Crippen LogP contribution in [-0.2, 0) is 0 Å². The molecule has 0 amide bonds. The van der Waals surface area contributed by atoms with Gasteiger partial charge in [-0.15, -0.1) is 0 Å². The first-order valence-electron chi connectivity index (χ1n) is 7.05. The molecule has 0 atom stereocenters. The SMILES string of the molecule is CC1CCC(N(C)CC(=O)c2cccc(Cl)c2)CC1. The summed E-state index contributed by atoms with van der Waals surface area (Å²) < 4.78 is 0. The van der Waals surface area contributed by atoms with Crippen LogP contribution in [0.1, 0.15) is 43.0 Å². The maximum Gasteiger partial charge on any atom is 0.176 e. The minimum Gasteiger partial charge on any atom is -0.296 e. The van der Waals surface area contributed by atoms with E-state index in [1.807, 2.05) is 12.1 Å². The molecule has 2 rings (SSSR count). The quantitative estimate of drug-likeness (QED) is 0.776. The molecule has 1 aromatic rings. The fourth-order valence-corrected chi connectivity index (χ4v) is 2.98. The lowest BCUT2D eigenvalue weighted by atomic mass is 9.86. The zero-order valence-electron chi connectivity index (χ0n) is 11.7. The Morgan fingerprint density at radius 2 is 2.00 bits per heavy atom. The van der Waals surface area contributed by atoms with Crippen LogP contribution in [0.2, 0.25) is 5.02 Å². The van der Waals surface area contributed by atoms with Gasteiger partial charge in [0.25, 0.3) is 0 Å². The van der Waals surface area contributed by atoms with Crippen LogP contribution in [-0.4, -0.2) is 30.3 Å². The van der Waals surface area contributed by atoms with Gasteiger partial charge in [-0.05, 0) is 50.8 Å². The Balaban J connectivity index is 1.91. The lowest BCUT2D eigenvalue weighted by Gasteiger charge is -2.33. The van der Waals surface area contributed by atoms with Gasteiger partial charge < -0.3 is 0 Å². The molecule has 1 saturated carbocycles. The fourth-order valence-electron chi connectivity index (χ4n) is 2.79. The van der Waals surface area contributed by atoms with Crippen LogP contribution in [0.25, 0.3) is 0 Å². The van der Waals surface area contributed by atoms with Crippen LogP contribution in [0.3, 0.4) is 0 Å². The molecule has 2 nitrogen and oxygen atoms in total. The molecule has 0 heterocycles. The zero-order valence-corrected chi connectivity index (χ0v) is 12.5. The number of halogens is 1. The number of likely N-dealkylation sites (N-methyl/N-ethyl adjacent to an activating group) is 1. The summed E-state index contributed by atoms with van der Waals surface area (Å²) in [5.74, 6) is 0.997.